The van der Waals surface area contributed by atoms with Crippen LogP contribution < -0.4 is 9.64 Å². The number of hydrogen-bond donors (Lipinski definition) is 0. The highest BCUT2D eigenvalue weighted by Gasteiger charge is 2.70. The van der Waals surface area contributed by atoms with E-state index in [1.165, 1.54) is 11.8 Å². The number of carbonyl (C=O) groups is 3. The number of oxime groups is 1. The molecule has 2 aliphatic carbocycles. The quantitative estimate of drug-likeness (QED) is 0.372. The highest BCUT2D eigenvalue weighted by Crippen LogP contribution is 2.62. The number of hydrogen-bond acceptors (Lipinski definition) is 6. The summed E-state index contributed by atoms with van der Waals surface area (Å²) >= 11 is 12.5. The first-order valence-corrected chi connectivity index (χ1v) is 11.5. The van der Waals surface area contributed by atoms with E-state index >= 15 is 0 Å². The number of esters is 1. The van der Waals surface area contributed by atoms with Gasteiger partial charge in [-0.25, -0.2) is 0 Å². The average Bonchev–Trinajstić information content (AvgIpc) is 3.49. The number of halogens is 2. The SMILES string of the molecule is CC(=O)Oc1ccc(N2C(=O)[C@@H]3[C@H]4C[C@@H]([C@@H]5C(c6ccc(Cl)cc6Cl)=NO[C@H]45)[C@@H]3C2=O)cc1. The molecule has 0 radical (unpaired) electrons. The van der Waals surface area contributed by atoms with Gasteiger partial charge in [-0.2, -0.15) is 0 Å². The summed E-state index contributed by atoms with van der Waals surface area (Å²) in [4.78, 5) is 45.1. The Hall–Kier alpha value is -2.90. The molecular weight excluding hydrogens is 467 g/mol. The lowest BCUT2D eigenvalue weighted by molar-refractivity contribution is -0.132. The van der Waals surface area contributed by atoms with Gasteiger partial charge in [0.15, 0.2) is 0 Å². The Kier molecular flexibility index (Phi) is 4.58. The van der Waals surface area contributed by atoms with E-state index in [9.17, 15) is 14.4 Å². The number of amides is 2. The molecule has 4 aliphatic rings. The van der Waals surface area contributed by atoms with Crippen LogP contribution in [0, 0.1) is 29.6 Å². The second kappa shape index (κ2) is 7.30. The molecule has 7 nitrogen and oxygen atoms in total. The molecule has 2 amide bonds. The Balaban J connectivity index is 1.30. The molecule has 2 aliphatic heterocycles. The van der Waals surface area contributed by atoms with Crippen molar-refractivity contribution in [3.63, 3.8) is 0 Å². The summed E-state index contributed by atoms with van der Waals surface area (Å²) in [6.45, 7) is 1.31. The van der Waals surface area contributed by atoms with Gasteiger partial charge in [-0.1, -0.05) is 34.4 Å². The zero-order valence-electron chi connectivity index (χ0n) is 17.4. The lowest BCUT2D eigenvalue weighted by atomic mass is 9.71. The Morgan fingerprint density at radius 1 is 1.03 bits per heavy atom. The number of carbonyl (C=O) groups excluding carboxylic acids is 3. The number of nitrogens with zero attached hydrogens (tertiary/aromatic N) is 2. The fourth-order valence-corrected chi connectivity index (χ4v) is 6.63. The van der Waals surface area contributed by atoms with E-state index in [4.69, 9.17) is 32.8 Å². The topological polar surface area (TPSA) is 85.3 Å². The van der Waals surface area contributed by atoms with E-state index in [1.54, 1.807) is 36.4 Å². The van der Waals surface area contributed by atoms with Gasteiger partial charge in [0, 0.05) is 29.3 Å². The molecule has 6 rings (SSSR count). The van der Waals surface area contributed by atoms with Crippen molar-refractivity contribution < 1.29 is 24.0 Å². The monoisotopic (exact) mass is 484 g/mol. The average molecular weight is 485 g/mol. The molecule has 1 saturated heterocycles. The van der Waals surface area contributed by atoms with Crippen LogP contribution in [-0.4, -0.2) is 29.6 Å². The Bertz CT molecular complexity index is 1240. The third kappa shape index (κ3) is 2.95. The maximum Gasteiger partial charge on any atom is 0.308 e. The van der Waals surface area contributed by atoms with Crippen molar-refractivity contribution in [2.24, 2.45) is 34.7 Å². The zero-order valence-corrected chi connectivity index (χ0v) is 18.9. The van der Waals surface area contributed by atoms with E-state index in [0.717, 1.165) is 17.7 Å². The summed E-state index contributed by atoms with van der Waals surface area (Å²) in [5.74, 6) is -1.58. The summed E-state index contributed by atoms with van der Waals surface area (Å²) in [6.07, 6.45) is 0.493. The number of anilines is 1. The highest BCUT2D eigenvalue weighted by molar-refractivity contribution is 6.37. The Morgan fingerprint density at radius 2 is 1.73 bits per heavy atom. The molecule has 168 valence electrons. The maximum atomic E-state index is 13.5. The van der Waals surface area contributed by atoms with Gasteiger partial charge in [0.25, 0.3) is 0 Å². The molecule has 33 heavy (non-hydrogen) atoms. The van der Waals surface area contributed by atoms with Crippen LogP contribution in [-0.2, 0) is 19.2 Å². The molecule has 2 aromatic rings. The normalized spacial score (nSPS) is 31.4. The van der Waals surface area contributed by atoms with E-state index in [1.807, 2.05) is 6.07 Å². The number of imide groups is 1. The minimum Gasteiger partial charge on any atom is -0.427 e. The van der Waals surface area contributed by atoms with Gasteiger partial charge in [0.05, 0.1) is 28.3 Å². The summed E-state index contributed by atoms with van der Waals surface area (Å²) < 4.78 is 5.05. The fourth-order valence-electron chi connectivity index (χ4n) is 6.13. The van der Waals surface area contributed by atoms with Crippen molar-refractivity contribution in [2.75, 3.05) is 4.90 Å². The third-order valence-electron chi connectivity index (χ3n) is 7.25. The van der Waals surface area contributed by atoms with E-state index in [2.05, 4.69) is 5.16 Å². The van der Waals surface area contributed by atoms with Gasteiger partial charge in [0.1, 0.15) is 11.9 Å². The number of rotatable bonds is 3. The summed E-state index contributed by atoms with van der Waals surface area (Å²) in [5, 5.41) is 5.33. The molecule has 2 aromatic carbocycles. The Labute approximate surface area is 199 Å². The van der Waals surface area contributed by atoms with E-state index < -0.39 is 17.8 Å². The van der Waals surface area contributed by atoms with E-state index in [-0.39, 0.29) is 35.7 Å². The van der Waals surface area contributed by atoms with Crippen LogP contribution in [0.3, 0.4) is 0 Å². The molecule has 0 aromatic heterocycles. The van der Waals surface area contributed by atoms with Crippen molar-refractivity contribution in [1.82, 2.24) is 0 Å². The van der Waals surface area contributed by atoms with Crippen LogP contribution in [0.15, 0.2) is 47.6 Å². The first-order chi connectivity index (χ1) is 15.8. The van der Waals surface area contributed by atoms with Gasteiger partial charge >= 0.3 is 5.97 Å². The largest absolute Gasteiger partial charge is 0.427 e. The van der Waals surface area contributed by atoms with Crippen LogP contribution in [0.4, 0.5) is 5.69 Å². The van der Waals surface area contributed by atoms with Crippen LogP contribution in [0.5, 0.6) is 5.75 Å². The fraction of sp³-hybridized carbons (Fsp3) is 0.333. The smallest absolute Gasteiger partial charge is 0.308 e. The summed E-state index contributed by atoms with van der Waals surface area (Å²) in [7, 11) is 0. The predicted molar refractivity (Wildman–Crippen MR) is 120 cm³/mol. The van der Waals surface area contributed by atoms with Crippen LogP contribution in [0.1, 0.15) is 18.9 Å². The van der Waals surface area contributed by atoms with Crippen molar-refractivity contribution in [3.05, 3.63) is 58.1 Å². The van der Waals surface area contributed by atoms with Crippen LogP contribution in [0.2, 0.25) is 10.0 Å². The van der Waals surface area contributed by atoms with Gasteiger partial charge in [0.2, 0.25) is 11.8 Å². The van der Waals surface area contributed by atoms with Gasteiger partial charge in [-0.15, -0.1) is 0 Å². The molecule has 2 bridgehead atoms. The van der Waals surface area contributed by atoms with Crippen molar-refractivity contribution >= 4 is 52.4 Å². The van der Waals surface area contributed by atoms with Crippen LogP contribution >= 0.6 is 23.2 Å². The van der Waals surface area contributed by atoms with Crippen molar-refractivity contribution in [3.8, 4) is 5.75 Å². The zero-order chi connectivity index (χ0) is 23.0. The Morgan fingerprint density at radius 3 is 2.39 bits per heavy atom. The second-order valence-corrected chi connectivity index (χ2v) is 9.75. The molecule has 0 unspecified atom stereocenters. The minimum atomic E-state index is -0.438. The first kappa shape index (κ1) is 20.7. The molecule has 6 atom stereocenters. The first-order valence-electron chi connectivity index (χ1n) is 10.7. The lowest BCUT2D eigenvalue weighted by Crippen LogP contribution is -2.41. The van der Waals surface area contributed by atoms with E-state index in [0.29, 0.717) is 21.5 Å². The molecule has 3 fully saturated rings. The molecule has 0 spiro atoms. The van der Waals surface area contributed by atoms with Crippen molar-refractivity contribution in [1.29, 1.82) is 0 Å². The highest BCUT2D eigenvalue weighted by atomic mass is 35.5. The maximum absolute atomic E-state index is 13.5. The third-order valence-corrected chi connectivity index (χ3v) is 7.80. The molecule has 2 saturated carbocycles. The molecule has 2 heterocycles. The van der Waals surface area contributed by atoms with Gasteiger partial charge in [-0.3, -0.25) is 19.3 Å². The number of fused-ring (bicyclic) bond motifs is 8. The summed E-state index contributed by atoms with van der Waals surface area (Å²) in [6, 6.07) is 11.6. The lowest BCUT2D eigenvalue weighted by Gasteiger charge is -2.30. The summed E-state index contributed by atoms with van der Waals surface area (Å²) in [5.41, 5.74) is 1.93. The second-order valence-electron chi connectivity index (χ2n) is 8.91. The van der Waals surface area contributed by atoms with Gasteiger partial charge in [-0.05, 0) is 48.7 Å². The standard InChI is InChI=1S/C24H18Cl2N2O5/c1-10(29)32-13-5-3-12(4-6-13)28-23(30)18-15-9-16(19(18)24(28)31)22-20(15)21(27-33-22)14-7-2-11(25)8-17(14)26/h2-8,15-16,18-20,22H,9H2,1H3/t15-,16-,18+,19-,20-,22-/m1/s1. The van der Waals surface area contributed by atoms with Crippen LogP contribution in [0.25, 0.3) is 0 Å². The predicted octanol–water partition coefficient (Wildman–Crippen LogP) is 4.09. The molecule has 0 N–H and O–H groups in total. The molecular formula is C24H18Cl2N2O5. The number of benzene rings is 2. The molecule has 9 heteroatoms. The van der Waals surface area contributed by atoms with Gasteiger partial charge < -0.3 is 9.57 Å². The number of ether oxygens (including phenoxy) is 1. The van der Waals surface area contributed by atoms with Crippen molar-refractivity contribution in [2.45, 2.75) is 19.4 Å². The minimum absolute atomic E-state index is 0.0558.